The second-order valence-corrected chi connectivity index (χ2v) is 17.1. The predicted molar refractivity (Wildman–Crippen MR) is 240 cm³/mol. The number of rotatable bonds is 31. The zero-order chi connectivity index (χ0) is 51.0. The molecule has 0 aromatic carbocycles. The summed E-state index contributed by atoms with van der Waals surface area (Å²) in [6, 6.07) is -11.7. The lowest BCUT2D eigenvalue weighted by molar-refractivity contribution is -0.143. The lowest BCUT2D eigenvalue weighted by atomic mass is 9.99. The van der Waals surface area contributed by atoms with E-state index in [1.54, 1.807) is 41.5 Å². The maximum Gasteiger partial charge on any atom is 0.326 e. The zero-order valence-corrected chi connectivity index (χ0v) is 39.4. The number of carbonyl (C=O) groups excluding carboxylic acids is 8. The fourth-order valence-corrected chi connectivity index (χ4v) is 6.04. The Balaban J connectivity index is 6.26. The number of nitrogens with two attached hydrogens (primary N) is 3. The number of aliphatic imine (C=N–C) groups is 1. The standard InChI is InChI=1S/C41H74N12O13/c1-10-21(6)31(40(65)66)53-34(59)24(9)47-32(57)22(7)46-33(58)23(8)48-36(61)26(12-11-15-45-41(43)44)49-37(62)27(13-14-30(55)56)50-38(63)29(17-20(4)5)52-39(64)28(16-19(2)3)51-35(60)25(42)18-54/h19-29,31,54H,10-18,42H2,1-9H3,(H,46,58)(H,47,57)(H,48,61)(H,49,62)(H,50,63)(H,51,60)(H,52,64)(H,53,59)(H,55,56)(H,65,66)(H4,43,44,45)/t21-,22-,23-,24-,25-,26-,27-,28-,29-,31-/m0/s1. The average Bonchev–Trinajstić information content (AvgIpc) is 3.22. The number of hydrogen-bond acceptors (Lipinski definition) is 13. The number of amides is 8. The summed E-state index contributed by atoms with van der Waals surface area (Å²) in [7, 11) is 0. The van der Waals surface area contributed by atoms with Crippen LogP contribution >= 0.6 is 0 Å². The van der Waals surface area contributed by atoms with E-state index < -0.39 is 139 Å². The van der Waals surface area contributed by atoms with Gasteiger partial charge in [-0.1, -0.05) is 48.0 Å². The Labute approximate surface area is 385 Å². The minimum Gasteiger partial charge on any atom is -0.481 e. The number of carbonyl (C=O) groups is 10. The number of hydrogen-bond donors (Lipinski definition) is 14. The normalized spacial score (nSPS) is 15.7. The van der Waals surface area contributed by atoms with Crippen molar-refractivity contribution in [3.63, 3.8) is 0 Å². The fraction of sp³-hybridized carbons (Fsp3) is 0.732. The molecule has 0 fully saturated rings. The molecule has 0 bridgehead atoms. The van der Waals surface area contributed by atoms with Gasteiger partial charge in [-0.05, 0) is 70.6 Å². The van der Waals surface area contributed by atoms with Gasteiger partial charge in [0.2, 0.25) is 47.3 Å². The maximum absolute atomic E-state index is 13.9. The van der Waals surface area contributed by atoms with Gasteiger partial charge in [0.15, 0.2) is 5.96 Å². The number of nitrogens with one attached hydrogen (secondary N) is 8. The number of aliphatic hydroxyl groups excluding tert-OH is 1. The molecular formula is C41H74N12O13. The quantitative estimate of drug-likeness (QED) is 0.0181. The summed E-state index contributed by atoms with van der Waals surface area (Å²) in [6.45, 7) is 13.7. The molecule has 0 aliphatic rings. The Morgan fingerprint density at radius 3 is 1.30 bits per heavy atom. The van der Waals surface area contributed by atoms with Gasteiger partial charge in [0, 0.05) is 13.0 Å². The first-order chi connectivity index (χ1) is 30.6. The Bertz CT molecular complexity index is 1710. The highest BCUT2D eigenvalue weighted by atomic mass is 16.4. The lowest BCUT2D eigenvalue weighted by Crippen LogP contribution is -2.60. The highest BCUT2D eigenvalue weighted by Gasteiger charge is 2.34. The molecule has 25 nitrogen and oxygen atoms in total. The van der Waals surface area contributed by atoms with Crippen molar-refractivity contribution in [3.8, 4) is 0 Å². The third-order valence-electron chi connectivity index (χ3n) is 10.1. The van der Waals surface area contributed by atoms with E-state index in [4.69, 9.17) is 17.2 Å². The largest absolute Gasteiger partial charge is 0.481 e. The first-order valence-corrected chi connectivity index (χ1v) is 21.9. The van der Waals surface area contributed by atoms with Crippen LogP contribution in [-0.4, -0.2) is 148 Å². The van der Waals surface area contributed by atoms with Crippen LogP contribution in [0.15, 0.2) is 4.99 Å². The van der Waals surface area contributed by atoms with Gasteiger partial charge in [0.25, 0.3) is 0 Å². The Hall–Kier alpha value is -6.11. The summed E-state index contributed by atoms with van der Waals surface area (Å²) in [4.78, 5) is 133. The molecule has 0 saturated carbocycles. The molecule has 17 N–H and O–H groups in total. The van der Waals surface area contributed by atoms with Crippen molar-refractivity contribution in [1.82, 2.24) is 42.5 Å². The van der Waals surface area contributed by atoms with Crippen LogP contribution in [0.3, 0.4) is 0 Å². The first-order valence-electron chi connectivity index (χ1n) is 21.9. The molecule has 0 saturated heterocycles. The second kappa shape index (κ2) is 30.2. The molecule has 376 valence electrons. The summed E-state index contributed by atoms with van der Waals surface area (Å²) in [5.74, 6) is -10.3. The van der Waals surface area contributed by atoms with Crippen LogP contribution < -0.4 is 59.7 Å². The van der Waals surface area contributed by atoms with Crippen LogP contribution in [0, 0.1) is 17.8 Å². The van der Waals surface area contributed by atoms with Gasteiger partial charge in [-0.15, -0.1) is 0 Å². The van der Waals surface area contributed by atoms with E-state index in [-0.39, 0.29) is 50.0 Å². The van der Waals surface area contributed by atoms with E-state index in [0.29, 0.717) is 6.42 Å². The van der Waals surface area contributed by atoms with Crippen LogP contribution in [0.4, 0.5) is 0 Å². The third kappa shape index (κ3) is 23.2. The van der Waals surface area contributed by atoms with Crippen molar-refractivity contribution >= 4 is 65.2 Å². The topological polar surface area (TPSA) is 418 Å². The molecule has 66 heavy (non-hydrogen) atoms. The van der Waals surface area contributed by atoms with E-state index in [2.05, 4.69) is 47.5 Å². The second-order valence-electron chi connectivity index (χ2n) is 17.1. The maximum atomic E-state index is 13.9. The van der Waals surface area contributed by atoms with Gasteiger partial charge >= 0.3 is 11.9 Å². The number of aliphatic hydroxyl groups is 1. The van der Waals surface area contributed by atoms with Crippen molar-refractivity contribution in [2.24, 2.45) is 39.9 Å². The third-order valence-corrected chi connectivity index (χ3v) is 10.1. The minimum atomic E-state index is -1.57. The van der Waals surface area contributed by atoms with Gasteiger partial charge < -0.3 is 75.1 Å². The van der Waals surface area contributed by atoms with Crippen LogP contribution in [-0.2, 0) is 47.9 Å². The molecule has 8 amide bonds. The van der Waals surface area contributed by atoms with Gasteiger partial charge in [-0.3, -0.25) is 48.1 Å². The molecule has 0 radical (unpaired) electrons. The van der Waals surface area contributed by atoms with E-state index in [1.807, 2.05) is 0 Å². The highest BCUT2D eigenvalue weighted by molar-refractivity contribution is 5.98. The van der Waals surface area contributed by atoms with Crippen LogP contribution in [0.1, 0.15) is 107 Å². The van der Waals surface area contributed by atoms with Gasteiger partial charge in [0.05, 0.1) is 6.61 Å². The van der Waals surface area contributed by atoms with E-state index in [0.717, 1.165) is 0 Å². The molecule has 25 heteroatoms. The highest BCUT2D eigenvalue weighted by Crippen LogP contribution is 2.12. The smallest absolute Gasteiger partial charge is 0.326 e. The number of guanidine groups is 1. The zero-order valence-electron chi connectivity index (χ0n) is 39.4. The Morgan fingerprint density at radius 1 is 0.530 bits per heavy atom. The van der Waals surface area contributed by atoms with Crippen LogP contribution in [0.2, 0.25) is 0 Å². The van der Waals surface area contributed by atoms with E-state index in [9.17, 15) is 63.3 Å². The number of carboxylic acid groups (broad SMARTS) is 2. The number of carboxylic acids is 2. The Morgan fingerprint density at radius 2 is 0.909 bits per heavy atom. The van der Waals surface area contributed by atoms with Crippen molar-refractivity contribution < 1.29 is 63.3 Å². The summed E-state index contributed by atoms with van der Waals surface area (Å²) >= 11 is 0. The summed E-state index contributed by atoms with van der Waals surface area (Å²) < 4.78 is 0. The average molecular weight is 943 g/mol. The van der Waals surface area contributed by atoms with Gasteiger partial charge in [-0.2, -0.15) is 0 Å². The Kier molecular flexibility index (Phi) is 27.4. The first kappa shape index (κ1) is 59.9. The van der Waals surface area contributed by atoms with E-state index in [1.165, 1.54) is 20.8 Å². The number of aliphatic carboxylic acids is 2. The summed E-state index contributed by atoms with van der Waals surface area (Å²) in [6.07, 6.45) is -0.456. The van der Waals surface area contributed by atoms with E-state index >= 15 is 0 Å². The van der Waals surface area contributed by atoms with Crippen molar-refractivity contribution in [1.29, 1.82) is 0 Å². The van der Waals surface area contributed by atoms with Crippen molar-refractivity contribution in [2.75, 3.05) is 13.2 Å². The molecule has 10 atom stereocenters. The SMILES string of the molecule is CC[C@H](C)[C@H](NC(=O)[C@H](C)NC(=O)[C@H](C)NC(=O)[C@H](C)NC(=O)[C@H](CCCN=C(N)N)NC(=O)[C@H](CCC(=O)O)NC(=O)[C@H](CC(C)C)NC(=O)[C@H](CC(C)C)NC(=O)[C@@H](N)CO)C(=O)O. The summed E-state index contributed by atoms with van der Waals surface area (Å²) in [5.41, 5.74) is 16.5. The van der Waals surface area contributed by atoms with Crippen molar-refractivity contribution in [2.45, 2.75) is 162 Å². The lowest BCUT2D eigenvalue weighted by Gasteiger charge is -2.28. The van der Waals surface area contributed by atoms with Gasteiger partial charge in [-0.25, -0.2) is 4.79 Å². The molecule has 0 aromatic heterocycles. The van der Waals surface area contributed by atoms with Crippen molar-refractivity contribution in [3.05, 3.63) is 0 Å². The molecular weight excluding hydrogens is 869 g/mol. The summed E-state index contributed by atoms with van der Waals surface area (Å²) in [5, 5.41) is 48.0. The molecule has 0 aliphatic heterocycles. The predicted octanol–water partition coefficient (Wildman–Crippen LogP) is -3.61. The molecule has 0 spiro atoms. The minimum absolute atomic E-state index is 0.00957. The molecule has 0 unspecified atom stereocenters. The van der Waals surface area contributed by atoms with Crippen LogP contribution in [0.25, 0.3) is 0 Å². The monoisotopic (exact) mass is 943 g/mol. The number of nitrogens with zero attached hydrogens (tertiary/aromatic N) is 1. The van der Waals surface area contributed by atoms with Gasteiger partial charge in [0.1, 0.15) is 54.4 Å². The molecule has 0 rings (SSSR count). The molecule has 0 aromatic rings. The molecule has 0 aliphatic carbocycles. The molecule has 0 heterocycles. The van der Waals surface area contributed by atoms with Crippen LogP contribution in [0.5, 0.6) is 0 Å². The fourth-order valence-electron chi connectivity index (χ4n) is 6.04.